The molecule has 0 amide bonds. The fourth-order valence-corrected chi connectivity index (χ4v) is 3.03. The number of terminal acetylenes is 1. The SMILES string of the molecule is C#CCCCc1cn([C@H]2C[C@H](O)[C@@H](CO)O2)c2ncnc(N)c12. The molecule has 1 fully saturated rings. The van der Waals surface area contributed by atoms with Crippen LogP contribution in [0.25, 0.3) is 11.0 Å². The molecule has 0 bridgehead atoms. The fraction of sp³-hybridized carbons (Fsp3) is 0.500. The zero-order valence-corrected chi connectivity index (χ0v) is 12.7. The number of aryl methyl sites for hydroxylation is 1. The number of nitrogens with zero attached hydrogens (tertiary/aromatic N) is 3. The fourth-order valence-electron chi connectivity index (χ4n) is 3.03. The van der Waals surface area contributed by atoms with Gasteiger partial charge < -0.3 is 25.3 Å². The maximum atomic E-state index is 9.95. The van der Waals surface area contributed by atoms with Crippen LogP contribution in [0.4, 0.5) is 5.82 Å². The highest BCUT2D eigenvalue weighted by molar-refractivity contribution is 5.89. The third-order valence-corrected chi connectivity index (χ3v) is 4.18. The predicted molar refractivity (Wildman–Crippen MR) is 85.3 cm³/mol. The number of rotatable bonds is 5. The summed E-state index contributed by atoms with van der Waals surface area (Å²) in [6.45, 7) is -0.219. The topological polar surface area (TPSA) is 106 Å². The van der Waals surface area contributed by atoms with E-state index in [1.54, 1.807) is 0 Å². The van der Waals surface area contributed by atoms with Crippen LogP contribution in [0.2, 0.25) is 0 Å². The lowest BCUT2D eigenvalue weighted by Gasteiger charge is -2.14. The number of fused-ring (bicyclic) bond motifs is 1. The van der Waals surface area contributed by atoms with E-state index >= 15 is 0 Å². The van der Waals surface area contributed by atoms with Crippen molar-refractivity contribution in [1.82, 2.24) is 14.5 Å². The van der Waals surface area contributed by atoms with Crippen molar-refractivity contribution in [3.8, 4) is 12.3 Å². The minimum atomic E-state index is -0.702. The Morgan fingerprint density at radius 2 is 2.30 bits per heavy atom. The minimum absolute atomic E-state index is 0.219. The van der Waals surface area contributed by atoms with Gasteiger partial charge in [-0.05, 0) is 18.4 Å². The van der Waals surface area contributed by atoms with E-state index in [4.69, 9.17) is 16.9 Å². The van der Waals surface area contributed by atoms with E-state index in [2.05, 4.69) is 15.9 Å². The molecule has 0 saturated carbocycles. The van der Waals surface area contributed by atoms with Crippen molar-refractivity contribution < 1.29 is 14.9 Å². The molecular weight excluding hydrogens is 296 g/mol. The average molecular weight is 316 g/mol. The molecule has 0 unspecified atom stereocenters. The maximum Gasteiger partial charge on any atom is 0.147 e. The Kier molecular flexibility index (Phi) is 4.48. The van der Waals surface area contributed by atoms with E-state index in [1.807, 2.05) is 10.8 Å². The first-order valence-corrected chi connectivity index (χ1v) is 7.63. The molecule has 3 heterocycles. The first-order chi connectivity index (χ1) is 11.2. The Hall–Kier alpha value is -2.14. The van der Waals surface area contributed by atoms with Crippen LogP contribution in [0.15, 0.2) is 12.5 Å². The van der Waals surface area contributed by atoms with Gasteiger partial charge in [-0.1, -0.05) is 0 Å². The number of hydrogen-bond acceptors (Lipinski definition) is 6. The highest BCUT2D eigenvalue weighted by atomic mass is 16.5. The van der Waals surface area contributed by atoms with Gasteiger partial charge in [0, 0.05) is 19.0 Å². The summed E-state index contributed by atoms with van der Waals surface area (Å²) in [7, 11) is 0. The molecule has 122 valence electrons. The van der Waals surface area contributed by atoms with Crippen LogP contribution >= 0.6 is 0 Å². The molecule has 3 rings (SSSR count). The number of aliphatic hydroxyl groups excluding tert-OH is 2. The van der Waals surface area contributed by atoms with E-state index in [0.29, 0.717) is 24.3 Å². The largest absolute Gasteiger partial charge is 0.394 e. The van der Waals surface area contributed by atoms with Gasteiger partial charge in [0.05, 0.1) is 18.1 Å². The summed E-state index contributed by atoms with van der Waals surface area (Å²) >= 11 is 0. The van der Waals surface area contributed by atoms with Gasteiger partial charge in [-0.3, -0.25) is 0 Å². The number of aliphatic hydroxyl groups is 2. The van der Waals surface area contributed by atoms with Crippen LogP contribution in [0.1, 0.15) is 31.1 Å². The summed E-state index contributed by atoms with van der Waals surface area (Å²) in [5.74, 6) is 3.05. The van der Waals surface area contributed by atoms with Gasteiger partial charge >= 0.3 is 0 Å². The van der Waals surface area contributed by atoms with E-state index in [0.717, 1.165) is 23.8 Å². The second-order valence-corrected chi connectivity index (χ2v) is 5.69. The molecule has 0 spiro atoms. The first kappa shape index (κ1) is 15.7. The third-order valence-electron chi connectivity index (χ3n) is 4.18. The third kappa shape index (κ3) is 2.88. The Morgan fingerprint density at radius 3 is 3.00 bits per heavy atom. The van der Waals surface area contributed by atoms with Crippen LogP contribution in [0, 0.1) is 12.3 Å². The summed E-state index contributed by atoms with van der Waals surface area (Å²) in [6, 6.07) is 0. The van der Waals surface area contributed by atoms with Crippen molar-refractivity contribution >= 4 is 16.9 Å². The molecule has 3 atom stereocenters. The summed E-state index contributed by atoms with van der Waals surface area (Å²) in [5, 5.41) is 20.0. The number of aromatic nitrogens is 3. The van der Waals surface area contributed by atoms with Crippen molar-refractivity contribution in [1.29, 1.82) is 0 Å². The van der Waals surface area contributed by atoms with E-state index in [9.17, 15) is 10.2 Å². The van der Waals surface area contributed by atoms with Crippen LogP contribution in [0.3, 0.4) is 0 Å². The van der Waals surface area contributed by atoms with Crippen LogP contribution in [-0.4, -0.2) is 43.6 Å². The van der Waals surface area contributed by atoms with Crippen molar-refractivity contribution in [2.75, 3.05) is 12.3 Å². The van der Waals surface area contributed by atoms with Crippen molar-refractivity contribution in [3.05, 3.63) is 18.1 Å². The Morgan fingerprint density at radius 1 is 1.48 bits per heavy atom. The Balaban J connectivity index is 1.98. The highest BCUT2D eigenvalue weighted by Crippen LogP contribution is 2.34. The lowest BCUT2D eigenvalue weighted by Crippen LogP contribution is -2.24. The summed E-state index contributed by atoms with van der Waals surface area (Å²) in [5.41, 5.74) is 7.70. The lowest BCUT2D eigenvalue weighted by atomic mass is 10.1. The molecule has 0 aliphatic carbocycles. The van der Waals surface area contributed by atoms with Crippen LogP contribution in [-0.2, 0) is 11.2 Å². The quantitative estimate of drug-likeness (QED) is 0.551. The average Bonchev–Trinajstić information content (AvgIpc) is 3.09. The molecule has 7 nitrogen and oxygen atoms in total. The van der Waals surface area contributed by atoms with E-state index in [-0.39, 0.29) is 12.8 Å². The van der Waals surface area contributed by atoms with Gasteiger partial charge in [0.15, 0.2) is 0 Å². The number of ether oxygens (including phenoxy) is 1. The van der Waals surface area contributed by atoms with Crippen molar-refractivity contribution in [3.63, 3.8) is 0 Å². The second kappa shape index (κ2) is 6.54. The molecule has 23 heavy (non-hydrogen) atoms. The normalized spacial score (nSPS) is 24.1. The zero-order chi connectivity index (χ0) is 16.4. The molecule has 1 aliphatic heterocycles. The first-order valence-electron chi connectivity index (χ1n) is 7.63. The Labute approximate surface area is 134 Å². The van der Waals surface area contributed by atoms with Crippen LogP contribution in [0.5, 0.6) is 0 Å². The second-order valence-electron chi connectivity index (χ2n) is 5.69. The number of anilines is 1. The number of nitrogen functional groups attached to an aromatic ring is 1. The summed E-state index contributed by atoms with van der Waals surface area (Å²) in [4.78, 5) is 8.38. The van der Waals surface area contributed by atoms with E-state index in [1.165, 1.54) is 6.33 Å². The van der Waals surface area contributed by atoms with Gasteiger partial charge in [-0.15, -0.1) is 12.3 Å². The van der Waals surface area contributed by atoms with Gasteiger partial charge in [0.1, 0.15) is 30.1 Å². The lowest BCUT2D eigenvalue weighted by molar-refractivity contribution is -0.0430. The number of unbranched alkanes of at least 4 members (excludes halogenated alkanes) is 1. The highest BCUT2D eigenvalue weighted by Gasteiger charge is 2.35. The van der Waals surface area contributed by atoms with Gasteiger partial charge in [-0.2, -0.15) is 0 Å². The molecular formula is C16H20N4O3. The standard InChI is InChI=1S/C16H20N4O3/c1-2-3-4-5-10-7-20(13-6-11(22)12(8-21)23-13)16-14(10)15(17)18-9-19-16/h1,7,9,11-13,21-22H,3-6,8H2,(H2,17,18,19)/t11-,12+,13+/m0/s1. The molecule has 1 saturated heterocycles. The molecule has 2 aromatic rings. The minimum Gasteiger partial charge on any atom is -0.394 e. The van der Waals surface area contributed by atoms with Gasteiger partial charge in [-0.25, -0.2) is 9.97 Å². The number of hydrogen-bond donors (Lipinski definition) is 3. The molecule has 4 N–H and O–H groups in total. The molecule has 7 heteroatoms. The molecule has 0 radical (unpaired) electrons. The van der Waals surface area contributed by atoms with E-state index < -0.39 is 12.2 Å². The van der Waals surface area contributed by atoms with Crippen molar-refractivity contribution in [2.45, 2.75) is 44.1 Å². The molecule has 0 aromatic carbocycles. The monoisotopic (exact) mass is 316 g/mol. The number of nitrogens with two attached hydrogens (primary N) is 1. The molecule has 2 aromatic heterocycles. The predicted octanol–water partition coefficient (Wildman–Crippen LogP) is 0.610. The van der Waals surface area contributed by atoms with Gasteiger partial charge in [0.2, 0.25) is 0 Å². The zero-order valence-electron chi connectivity index (χ0n) is 12.7. The molecule has 1 aliphatic rings. The smallest absolute Gasteiger partial charge is 0.147 e. The van der Waals surface area contributed by atoms with Gasteiger partial charge in [0.25, 0.3) is 0 Å². The maximum absolute atomic E-state index is 9.95. The van der Waals surface area contributed by atoms with Crippen molar-refractivity contribution in [2.24, 2.45) is 0 Å². The Bertz CT molecular complexity index is 737. The summed E-state index contributed by atoms with van der Waals surface area (Å²) in [6.07, 6.45) is 9.67. The van der Waals surface area contributed by atoms with Crippen LogP contribution < -0.4 is 5.73 Å². The summed E-state index contributed by atoms with van der Waals surface area (Å²) < 4.78 is 7.58.